The van der Waals surface area contributed by atoms with Crippen LogP contribution in [-0.4, -0.2) is 0 Å². The zero-order chi connectivity index (χ0) is 14.0. The van der Waals surface area contributed by atoms with Crippen LogP contribution in [0.15, 0.2) is 24.3 Å². The average Bonchev–Trinajstić information content (AvgIpc) is 2.37. The normalized spacial score (nSPS) is 26.2. The summed E-state index contributed by atoms with van der Waals surface area (Å²) in [5, 5.41) is 0. The Bertz CT molecular complexity index is 399. The van der Waals surface area contributed by atoms with E-state index in [1.165, 1.54) is 36.8 Å². The second-order valence-electron chi connectivity index (χ2n) is 7.43. The van der Waals surface area contributed by atoms with Crippen LogP contribution in [0.4, 0.5) is 0 Å². The maximum Gasteiger partial charge on any atom is 0.0323 e. The Hall–Kier alpha value is -0.820. The highest BCUT2D eigenvalue weighted by molar-refractivity contribution is 5.29. The molecule has 3 atom stereocenters. The van der Waals surface area contributed by atoms with Crippen LogP contribution in [0, 0.1) is 11.8 Å². The lowest BCUT2D eigenvalue weighted by atomic mass is 9.76. The molecule has 3 unspecified atom stereocenters. The zero-order valence-electron chi connectivity index (χ0n) is 12.9. The number of benzene rings is 1. The molecule has 1 saturated carbocycles. The largest absolute Gasteiger partial charge is 0.324 e. The van der Waals surface area contributed by atoms with Crippen LogP contribution in [0.1, 0.15) is 70.5 Å². The monoisotopic (exact) mass is 259 g/mol. The third-order valence-electron chi connectivity index (χ3n) is 4.65. The van der Waals surface area contributed by atoms with E-state index >= 15 is 0 Å². The number of rotatable bonds is 2. The third-order valence-corrected chi connectivity index (χ3v) is 4.65. The first-order valence-corrected chi connectivity index (χ1v) is 7.74. The van der Waals surface area contributed by atoms with Crippen molar-refractivity contribution < 1.29 is 0 Å². The van der Waals surface area contributed by atoms with E-state index in [4.69, 9.17) is 5.73 Å². The summed E-state index contributed by atoms with van der Waals surface area (Å²) in [5.41, 5.74) is 9.42. The zero-order valence-corrected chi connectivity index (χ0v) is 12.9. The van der Waals surface area contributed by atoms with E-state index in [-0.39, 0.29) is 11.5 Å². The molecule has 0 spiro atoms. The third kappa shape index (κ3) is 3.60. The molecule has 1 nitrogen and oxygen atoms in total. The highest BCUT2D eigenvalue weighted by Gasteiger charge is 2.25. The van der Waals surface area contributed by atoms with Crippen molar-refractivity contribution in [3.05, 3.63) is 35.4 Å². The van der Waals surface area contributed by atoms with Gasteiger partial charge in [0.05, 0.1) is 0 Å². The molecule has 1 fully saturated rings. The van der Waals surface area contributed by atoms with Crippen molar-refractivity contribution in [1.82, 2.24) is 0 Å². The van der Waals surface area contributed by atoms with Gasteiger partial charge in [-0.15, -0.1) is 0 Å². The first-order chi connectivity index (χ1) is 8.88. The molecule has 19 heavy (non-hydrogen) atoms. The van der Waals surface area contributed by atoms with Crippen LogP contribution in [0.3, 0.4) is 0 Å². The van der Waals surface area contributed by atoms with Crippen molar-refractivity contribution in [3.8, 4) is 0 Å². The molecule has 1 aliphatic rings. The molecule has 1 aromatic carbocycles. The Kier molecular flexibility index (Phi) is 4.35. The van der Waals surface area contributed by atoms with E-state index in [1.807, 2.05) is 0 Å². The maximum atomic E-state index is 6.49. The van der Waals surface area contributed by atoms with Gasteiger partial charge in [0.2, 0.25) is 0 Å². The molecule has 0 aliphatic heterocycles. The summed E-state index contributed by atoms with van der Waals surface area (Å²) in [7, 11) is 0. The van der Waals surface area contributed by atoms with Crippen LogP contribution >= 0.6 is 0 Å². The minimum absolute atomic E-state index is 0.219. The van der Waals surface area contributed by atoms with Gasteiger partial charge in [-0.1, -0.05) is 64.8 Å². The highest BCUT2D eigenvalue weighted by Crippen LogP contribution is 2.36. The van der Waals surface area contributed by atoms with Crippen molar-refractivity contribution in [2.45, 2.75) is 64.8 Å². The van der Waals surface area contributed by atoms with Crippen molar-refractivity contribution in [1.29, 1.82) is 0 Å². The van der Waals surface area contributed by atoms with Crippen molar-refractivity contribution in [3.63, 3.8) is 0 Å². The van der Waals surface area contributed by atoms with Gasteiger partial charge in [-0.05, 0) is 41.2 Å². The lowest BCUT2D eigenvalue weighted by molar-refractivity contribution is 0.248. The summed E-state index contributed by atoms with van der Waals surface area (Å²) < 4.78 is 0. The van der Waals surface area contributed by atoms with E-state index in [2.05, 4.69) is 52.0 Å². The van der Waals surface area contributed by atoms with Gasteiger partial charge in [0, 0.05) is 6.04 Å². The molecule has 0 heterocycles. The molecule has 0 radical (unpaired) electrons. The van der Waals surface area contributed by atoms with Gasteiger partial charge in [-0.2, -0.15) is 0 Å². The number of hydrogen-bond acceptors (Lipinski definition) is 1. The average molecular weight is 259 g/mol. The van der Waals surface area contributed by atoms with E-state index in [0.717, 1.165) is 5.92 Å². The minimum atomic E-state index is 0.219. The summed E-state index contributed by atoms with van der Waals surface area (Å²) in [6.45, 7) is 9.13. The van der Waals surface area contributed by atoms with Gasteiger partial charge in [0.1, 0.15) is 0 Å². The van der Waals surface area contributed by atoms with E-state index in [1.54, 1.807) is 0 Å². The minimum Gasteiger partial charge on any atom is -0.324 e. The van der Waals surface area contributed by atoms with Crippen molar-refractivity contribution in [2.24, 2.45) is 17.6 Å². The SMILES string of the molecule is CC1CCCC(C(N)c2ccc(C(C)(C)C)cc2)C1. The Labute approximate surface area is 118 Å². The Morgan fingerprint density at radius 3 is 2.26 bits per heavy atom. The summed E-state index contributed by atoms with van der Waals surface area (Å²) in [5.74, 6) is 1.52. The lowest BCUT2D eigenvalue weighted by Crippen LogP contribution is -2.26. The van der Waals surface area contributed by atoms with E-state index < -0.39 is 0 Å². The molecule has 1 heteroatoms. The molecule has 0 amide bonds. The van der Waals surface area contributed by atoms with Crippen molar-refractivity contribution >= 4 is 0 Å². The van der Waals surface area contributed by atoms with E-state index in [9.17, 15) is 0 Å². The smallest absolute Gasteiger partial charge is 0.0323 e. The topological polar surface area (TPSA) is 26.0 Å². The lowest BCUT2D eigenvalue weighted by Gasteiger charge is -2.31. The Balaban J connectivity index is 2.09. The van der Waals surface area contributed by atoms with Gasteiger partial charge in [-0.3, -0.25) is 0 Å². The quantitative estimate of drug-likeness (QED) is 0.810. The molecular weight excluding hydrogens is 230 g/mol. The summed E-state index contributed by atoms with van der Waals surface area (Å²) in [4.78, 5) is 0. The van der Waals surface area contributed by atoms with E-state index in [0.29, 0.717) is 5.92 Å². The maximum absolute atomic E-state index is 6.49. The molecule has 0 saturated heterocycles. The summed E-state index contributed by atoms with van der Waals surface area (Å²) >= 11 is 0. The fourth-order valence-corrected chi connectivity index (χ4v) is 3.28. The Morgan fingerprint density at radius 2 is 1.74 bits per heavy atom. The summed E-state index contributed by atoms with van der Waals surface area (Å²) in [6.07, 6.45) is 5.32. The van der Waals surface area contributed by atoms with Gasteiger partial charge in [-0.25, -0.2) is 0 Å². The fourth-order valence-electron chi connectivity index (χ4n) is 3.28. The molecule has 0 aromatic heterocycles. The molecule has 2 N–H and O–H groups in total. The highest BCUT2D eigenvalue weighted by atomic mass is 14.7. The molecule has 0 bridgehead atoms. The first-order valence-electron chi connectivity index (χ1n) is 7.74. The second kappa shape index (κ2) is 5.66. The first kappa shape index (κ1) is 14.6. The molecule has 106 valence electrons. The number of nitrogens with two attached hydrogens (primary N) is 1. The van der Waals surface area contributed by atoms with Crippen LogP contribution in [-0.2, 0) is 5.41 Å². The van der Waals surface area contributed by atoms with Gasteiger partial charge in [0.15, 0.2) is 0 Å². The predicted molar refractivity (Wildman–Crippen MR) is 83.2 cm³/mol. The predicted octanol–water partition coefficient (Wildman–Crippen LogP) is 4.81. The van der Waals surface area contributed by atoms with Crippen LogP contribution < -0.4 is 5.73 Å². The van der Waals surface area contributed by atoms with Crippen molar-refractivity contribution in [2.75, 3.05) is 0 Å². The Morgan fingerprint density at radius 1 is 1.11 bits per heavy atom. The second-order valence-corrected chi connectivity index (χ2v) is 7.43. The van der Waals surface area contributed by atoms with Crippen LogP contribution in [0.25, 0.3) is 0 Å². The van der Waals surface area contributed by atoms with Crippen LogP contribution in [0.2, 0.25) is 0 Å². The van der Waals surface area contributed by atoms with Gasteiger partial charge in [0.25, 0.3) is 0 Å². The van der Waals surface area contributed by atoms with Gasteiger partial charge < -0.3 is 5.73 Å². The summed E-state index contributed by atoms with van der Waals surface area (Å²) in [6, 6.07) is 9.20. The molecule has 1 aromatic rings. The molecule has 2 rings (SSSR count). The van der Waals surface area contributed by atoms with Gasteiger partial charge >= 0.3 is 0 Å². The van der Waals surface area contributed by atoms with Crippen LogP contribution in [0.5, 0.6) is 0 Å². The standard InChI is InChI=1S/C18H29N/c1-13-6-5-7-15(12-13)17(19)14-8-10-16(11-9-14)18(2,3)4/h8-11,13,15,17H,5-7,12,19H2,1-4H3. The molecular formula is C18H29N. The molecule has 1 aliphatic carbocycles. The fraction of sp³-hybridized carbons (Fsp3) is 0.667. The number of hydrogen-bond donors (Lipinski definition) is 1.